The predicted molar refractivity (Wildman–Crippen MR) is 69.5 cm³/mol. The van der Waals surface area contributed by atoms with Gasteiger partial charge in [-0.2, -0.15) is 0 Å². The molecule has 0 amide bonds. The summed E-state index contributed by atoms with van der Waals surface area (Å²) in [5.74, 6) is -3.54. The van der Waals surface area contributed by atoms with Crippen molar-refractivity contribution in [3.8, 4) is 0 Å². The number of benzene rings is 2. The molecule has 0 N–H and O–H groups in total. The van der Waals surface area contributed by atoms with Crippen LogP contribution in [0.4, 0.5) is 17.6 Å². The zero-order chi connectivity index (χ0) is 14.9. The summed E-state index contributed by atoms with van der Waals surface area (Å²) in [4.78, 5) is 0. The largest absolute Gasteiger partial charge is 0.207 e. The van der Waals surface area contributed by atoms with Gasteiger partial charge in [-0.3, -0.25) is 0 Å². The SMILES string of the molecule is CCC(C)(c1ccccc1F)c1c(F)cc(F)cc1F. The first-order valence-electron chi connectivity index (χ1n) is 6.30. The second kappa shape index (κ2) is 5.27. The third kappa shape index (κ3) is 2.30. The van der Waals surface area contributed by atoms with Crippen molar-refractivity contribution >= 4 is 0 Å². The molecule has 4 heteroatoms. The van der Waals surface area contributed by atoms with Gasteiger partial charge in [0.05, 0.1) is 0 Å². The van der Waals surface area contributed by atoms with E-state index < -0.39 is 28.7 Å². The fourth-order valence-electron chi connectivity index (χ4n) is 2.48. The third-order valence-electron chi connectivity index (χ3n) is 3.73. The monoisotopic (exact) mass is 282 g/mol. The van der Waals surface area contributed by atoms with Gasteiger partial charge in [0.2, 0.25) is 0 Å². The maximum Gasteiger partial charge on any atom is 0.133 e. The Labute approximate surface area is 115 Å². The summed E-state index contributed by atoms with van der Waals surface area (Å²) in [5, 5.41) is 0. The van der Waals surface area contributed by atoms with E-state index in [1.165, 1.54) is 18.2 Å². The molecule has 0 heterocycles. The molecule has 2 rings (SSSR count). The van der Waals surface area contributed by atoms with Crippen LogP contribution in [0.5, 0.6) is 0 Å². The fourth-order valence-corrected chi connectivity index (χ4v) is 2.48. The summed E-state index contributed by atoms with van der Waals surface area (Å²) in [6.07, 6.45) is 0.271. The summed E-state index contributed by atoms with van der Waals surface area (Å²) in [7, 11) is 0. The summed E-state index contributed by atoms with van der Waals surface area (Å²) < 4.78 is 55.0. The van der Waals surface area contributed by atoms with Gasteiger partial charge in [0.15, 0.2) is 0 Å². The molecule has 0 bridgehead atoms. The van der Waals surface area contributed by atoms with Crippen LogP contribution in [0.25, 0.3) is 0 Å². The molecule has 0 fully saturated rings. The van der Waals surface area contributed by atoms with Crippen molar-refractivity contribution in [1.82, 2.24) is 0 Å². The first-order valence-corrected chi connectivity index (χ1v) is 6.30. The van der Waals surface area contributed by atoms with Gasteiger partial charge in [0.1, 0.15) is 23.3 Å². The minimum atomic E-state index is -1.20. The average molecular weight is 282 g/mol. The topological polar surface area (TPSA) is 0 Å². The van der Waals surface area contributed by atoms with E-state index in [0.717, 1.165) is 0 Å². The molecule has 0 radical (unpaired) electrons. The molecule has 0 nitrogen and oxygen atoms in total. The van der Waals surface area contributed by atoms with Gasteiger partial charge in [0, 0.05) is 23.1 Å². The van der Waals surface area contributed by atoms with Crippen molar-refractivity contribution in [3.63, 3.8) is 0 Å². The van der Waals surface area contributed by atoms with Crippen molar-refractivity contribution in [2.75, 3.05) is 0 Å². The highest BCUT2D eigenvalue weighted by molar-refractivity contribution is 5.40. The standard InChI is InChI=1S/C16H14F4/c1-3-16(2,11-6-4-5-7-12(11)18)15-13(19)8-10(17)9-14(15)20/h4-9H,3H2,1-2H3. The maximum atomic E-state index is 14.0. The molecular formula is C16H14F4. The van der Waals surface area contributed by atoms with Crippen molar-refractivity contribution < 1.29 is 17.6 Å². The Morgan fingerprint density at radius 2 is 1.45 bits per heavy atom. The van der Waals surface area contributed by atoms with E-state index in [0.29, 0.717) is 12.1 Å². The summed E-state index contributed by atoms with van der Waals surface area (Å²) in [5.41, 5.74) is -1.33. The molecule has 0 aromatic heterocycles. The van der Waals surface area contributed by atoms with Crippen LogP contribution in [-0.2, 0) is 5.41 Å². The molecule has 1 atom stereocenters. The van der Waals surface area contributed by atoms with Gasteiger partial charge >= 0.3 is 0 Å². The fraction of sp³-hybridized carbons (Fsp3) is 0.250. The second-order valence-electron chi connectivity index (χ2n) is 4.91. The Morgan fingerprint density at radius 1 is 0.900 bits per heavy atom. The van der Waals surface area contributed by atoms with E-state index in [1.54, 1.807) is 19.9 Å². The first-order chi connectivity index (χ1) is 9.40. The molecule has 2 aromatic rings. The van der Waals surface area contributed by atoms with E-state index in [2.05, 4.69) is 0 Å². The van der Waals surface area contributed by atoms with Gasteiger partial charge in [-0.25, -0.2) is 17.6 Å². The smallest absolute Gasteiger partial charge is 0.133 e. The molecular weight excluding hydrogens is 268 g/mol. The lowest BCUT2D eigenvalue weighted by molar-refractivity contribution is 0.435. The van der Waals surface area contributed by atoms with Crippen LogP contribution in [0.3, 0.4) is 0 Å². The molecule has 106 valence electrons. The van der Waals surface area contributed by atoms with Crippen LogP contribution in [-0.4, -0.2) is 0 Å². The Morgan fingerprint density at radius 3 is 1.95 bits per heavy atom. The van der Waals surface area contributed by atoms with Crippen LogP contribution < -0.4 is 0 Å². The van der Waals surface area contributed by atoms with Crippen LogP contribution in [0.2, 0.25) is 0 Å². The zero-order valence-corrected chi connectivity index (χ0v) is 11.2. The molecule has 20 heavy (non-hydrogen) atoms. The van der Waals surface area contributed by atoms with Crippen molar-refractivity contribution in [2.45, 2.75) is 25.7 Å². The molecule has 0 aliphatic heterocycles. The van der Waals surface area contributed by atoms with Gasteiger partial charge in [0.25, 0.3) is 0 Å². The Kier molecular flexibility index (Phi) is 3.84. The summed E-state index contributed by atoms with van der Waals surface area (Å²) >= 11 is 0. The number of hydrogen-bond donors (Lipinski definition) is 0. The zero-order valence-electron chi connectivity index (χ0n) is 11.2. The van der Waals surface area contributed by atoms with Gasteiger partial charge < -0.3 is 0 Å². The Bertz CT molecular complexity index is 613. The summed E-state index contributed by atoms with van der Waals surface area (Å²) in [6.45, 7) is 3.25. The molecule has 1 unspecified atom stereocenters. The Hall–Kier alpha value is -1.84. The van der Waals surface area contributed by atoms with E-state index in [1.807, 2.05) is 0 Å². The predicted octanol–water partition coefficient (Wildman–Crippen LogP) is 4.96. The van der Waals surface area contributed by atoms with Gasteiger partial charge in [-0.1, -0.05) is 32.0 Å². The van der Waals surface area contributed by atoms with E-state index in [-0.39, 0.29) is 17.5 Å². The second-order valence-corrected chi connectivity index (χ2v) is 4.91. The molecule has 0 saturated heterocycles. The van der Waals surface area contributed by atoms with Crippen LogP contribution in [0.15, 0.2) is 36.4 Å². The van der Waals surface area contributed by atoms with Crippen molar-refractivity contribution in [1.29, 1.82) is 0 Å². The van der Waals surface area contributed by atoms with Gasteiger partial charge in [-0.05, 0) is 18.1 Å². The molecule has 0 saturated carbocycles. The minimum absolute atomic E-state index is 0.187. The molecule has 2 aromatic carbocycles. The van der Waals surface area contributed by atoms with E-state index in [9.17, 15) is 17.6 Å². The molecule has 0 aliphatic carbocycles. The number of halogens is 4. The van der Waals surface area contributed by atoms with Gasteiger partial charge in [-0.15, -0.1) is 0 Å². The lowest BCUT2D eigenvalue weighted by Crippen LogP contribution is -2.27. The minimum Gasteiger partial charge on any atom is -0.207 e. The number of rotatable bonds is 3. The highest BCUT2D eigenvalue weighted by Crippen LogP contribution is 2.39. The third-order valence-corrected chi connectivity index (χ3v) is 3.73. The Balaban J connectivity index is 2.72. The molecule has 0 aliphatic rings. The average Bonchev–Trinajstić information content (AvgIpc) is 2.37. The van der Waals surface area contributed by atoms with Crippen LogP contribution in [0.1, 0.15) is 31.4 Å². The lowest BCUT2D eigenvalue weighted by atomic mass is 9.73. The lowest BCUT2D eigenvalue weighted by Gasteiger charge is -2.30. The summed E-state index contributed by atoms with van der Waals surface area (Å²) in [6, 6.07) is 7.07. The number of hydrogen-bond acceptors (Lipinski definition) is 0. The maximum absolute atomic E-state index is 14.0. The van der Waals surface area contributed by atoms with E-state index in [4.69, 9.17) is 0 Å². The quantitative estimate of drug-likeness (QED) is 0.698. The van der Waals surface area contributed by atoms with Crippen LogP contribution >= 0.6 is 0 Å². The highest BCUT2D eigenvalue weighted by atomic mass is 19.1. The van der Waals surface area contributed by atoms with Crippen molar-refractivity contribution in [3.05, 3.63) is 70.8 Å². The van der Waals surface area contributed by atoms with E-state index >= 15 is 0 Å². The normalized spacial score (nSPS) is 14.1. The first kappa shape index (κ1) is 14.6. The molecule has 0 spiro atoms. The highest BCUT2D eigenvalue weighted by Gasteiger charge is 2.35. The van der Waals surface area contributed by atoms with Crippen LogP contribution in [0, 0.1) is 23.3 Å². The van der Waals surface area contributed by atoms with Crippen molar-refractivity contribution in [2.24, 2.45) is 0 Å².